The first-order valence-electron chi connectivity index (χ1n) is 7.52. The van der Waals surface area contributed by atoms with Crippen LogP contribution in [0.2, 0.25) is 5.02 Å². The van der Waals surface area contributed by atoms with Crippen molar-refractivity contribution in [3.63, 3.8) is 0 Å². The Hall–Kier alpha value is -2.07. The maximum absolute atomic E-state index is 10.6. The zero-order chi connectivity index (χ0) is 15.1. The summed E-state index contributed by atoms with van der Waals surface area (Å²) in [6.07, 6.45) is 5.82. The Labute approximate surface area is 133 Å². The van der Waals surface area contributed by atoms with Crippen molar-refractivity contribution < 1.29 is 5.11 Å². The molecule has 2 aromatic heterocycles. The normalized spacial score (nSPS) is 15.1. The largest absolute Gasteiger partial charge is 0.493 e. The molecule has 0 spiro atoms. The van der Waals surface area contributed by atoms with Crippen molar-refractivity contribution in [3.05, 3.63) is 58.4 Å². The molecular weight excluding hydrogens is 298 g/mol. The summed E-state index contributed by atoms with van der Waals surface area (Å²) in [6, 6.07) is 9.54. The molecule has 1 fully saturated rings. The summed E-state index contributed by atoms with van der Waals surface area (Å²) in [5.41, 5.74) is 3.71. The van der Waals surface area contributed by atoms with Crippen molar-refractivity contribution in [2.24, 2.45) is 0 Å². The molecule has 0 unspecified atom stereocenters. The van der Waals surface area contributed by atoms with Gasteiger partial charge in [-0.2, -0.15) is 9.61 Å². The van der Waals surface area contributed by atoms with E-state index in [9.17, 15) is 5.11 Å². The maximum Gasteiger partial charge on any atom is 0.219 e. The van der Waals surface area contributed by atoms with E-state index in [0.717, 1.165) is 29.7 Å². The molecule has 5 heteroatoms. The molecule has 0 bridgehead atoms. The molecule has 0 saturated heterocycles. The Bertz CT molecular complexity index is 822. The number of aromatic nitrogens is 3. The molecule has 1 aliphatic carbocycles. The first-order chi connectivity index (χ1) is 10.7. The minimum atomic E-state index is 0.201. The number of rotatable bonds is 3. The van der Waals surface area contributed by atoms with E-state index >= 15 is 0 Å². The van der Waals surface area contributed by atoms with Gasteiger partial charge in [0, 0.05) is 29.0 Å². The standard InChI is InChI=1S/C17H16ClN3O/c18-13-6-4-11(5-7-13)10-14-16(12-2-1-3-12)20-15-8-9-19-21(15)17(14)22/h4-9,12,22H,1-3,10H2. The van der Waals surface area contributed by atoms with Crippen LogP contribution in [-0.2, 0) is 6.42 Å². The number of halogens is 1. The number of aromatic hydroxyl groups is 1. The molecule has 4 rings (SSSR count). The van der Waals surface area contributed by atoms with Crippen LogP contribution in [0.15, 0.2) is 36.5 Å². The van der Waals surface area contributed by atoms with Gasteiger partial charge in [0.05, 0.1) is 11.9 Å². The Balaban J connectivity index is 1.82. The SMILES string of the molecule is Oc1c(Cc2ccc(Cl)cc2)c(C2CCC2)nc2ccnn12. The summed E-state index contributed by atoms with van der Waals surface area (Å²) in [4.78, 5) is 4.75. The second-order valence-corrected chi connectivity index (χ2v) is 6.27. The van der Waals surface area contributed by atoms with Crippen LogP contribution in [0.1, 0.15) is 42.0 Å². The van der Waals surface area contributed by atoms with Gasteiger partial charge < -0.3 is 5.11 Å². The minimum absolute atomic E-state index is 0.201. The summed E-state index contributed by atoms with van der Waals surface area (Å²) >= 11 is 5.95. The van der Waals surface area contributed by atoms with Crippen molar-refractivity contribution in [1.82, 2.24) is 14.6 Å². The predicted molar refractivity (Wildman–Crippen MR) is 85.5 cm³/mol. The van der Waals surface area contributed by atoms with Gasteiger partial charge in [0.15, 0.2) is 5.65 Å². The zero-order valence-corrected chi connectivity index (χ0v) is 12.8. The number of hydrogen-bond acceptors (Lipinski definition) is 3. The van der Waals surface area contributed by atoms with Crippen molar-refractivity contribution in [2.75, 3.05) is 0 Å². The van der Waals surface area contributed by atoms with Gasteiger partial charge in [-0.1, -0.05) is 30.2 Å². The number of fused-ring (bicyclic) bond motifs is 1. The molecule has 0 radical (unpaired) electrons. The second-order valence-electron chi connectivity index (χ2n) is 5.83. The fraction of sp³-hybridized carbons (Fsp3) is 0.294. The highest BCUT2D eigenvalue weighted by molar-refractivity contribution is 6.30. The Morgan fingerprint density at radius 3 is 2.64 bits per heavy atom. The zero-order valence-electron chi connectivity index (χ0n) is 12.0. The molecule has 0 amide bonds. The van der Waals surface area contributed by atoms with Crippen molar-refractivity contribution in [1.29, 1.82) is 0 Å². The Morgan fingerprint density at radius 1 is 1.18 bits per heavy atom. The lowest BCUT2D eigenvalue weighted by Crippen LogP contribution is -2.15. The Morgan fingerprint density at radius 2 is 1.95 bits per heavy atom. The summed E-state index contributed by atoms with van der Waals surface area (Å²) in [5.74, 6) is 0.653. The fourth-order valence-electron chi connectivity index (χ4n) is 2.97. The quantitative estimate of drug-likeness (QED) is 0.796. The van der Waals surface area contributed by atoms with Gasteiger partial charge in [-0.05, 0) is 30.5 Å². The molecule has 0 atom stereocenters. The van der Waals surface area contributed by atoms with Gasteiger partial charge in [-0.25, -0.2) is 4.98 Å². The molecule has 2 heterocycles. The van der Waals surface area contributed by atoms with Gasteiger partial charge in [-0.3, -0.25) is 0 Å². The van der Waals surface area contributed by atoms with Gasteiger partial charge in [-0.15, -0.1) is 0 Å². The van der Waals surface area contributed by atoms with Crippen LogP contribution >= 0.6 is 11.6 Å². The lowest BCUT2D eigenvalue weighted by atomic mass is 9.80. The van der Waals surface area contributed by atoms with Crippen LogP contribution in [0.5, 0.6) is 5.88 Å². The molecule has 0 aliphatic heterocycles. The Kier molecular flexibility index (Phi) is 3.26. The van der Waals surface area contributed by atoms with Crippen LogP contribution in [0.4, 0.5) is 0 Å². The van der Waals surface area contributed by atoms with E-state index in [4.69, 9.17) is 16.6 Å². The molecule has 1 saturated carbocycles. The van der Waals surface area contributed by atoms with E-state index in [1.807, 2.05) is 30.3 Å². The lowest BCUT2D eigenvalue weighted by molar-refractivity contribution is 0.393. The first-order valence-corrected chi connectivity index (χ1v) is 7.90. The second kappa shape index (κ2) is 5.29. The van der Waals surface area contributed by atoms with E-state index in [0.29, 0.717) is 23.0 Å². The van der Waals surface area contributed by atoms with Crippen LogP contribution in [0.25, 0.3) is 5.65 Å². The average molecular weight is 314 g/mol. The van der Waals surface area contributed by atoms with Crippen LogP contribution in [0, 0.1) is 0 Å². The highest BCUT2D eigenvalue weighted by Crippen LogP contribution is 2.40. The smallest absolute Gasteiger partial charge is 0.219 e. The van der Waals surface area contributed by atoms with Gasteiger partial charge in [0.1, 0.15) is 0 Å². The van der Waals surface area contributed by atoms with Crippen molar-refractivity contribution >= 4 is 17.2 Å². The minimum Gasteiger partial charge on any atom is -0.493 e. The molecule has 1 aromatic carbocycles. The number of nitrogens with zero attached hydrogens (tertiary/aromatic N) is 3. The van der Waals surface area contributed by atoms with E-state index in [1.165, 1.54) is 10.9 Å². The predicted octanol–water partition coefficient (Wildman–Crippen LogP) is 3.95. The van der Waals surface area contributed by atoms with E-state index < -0.39 is 0 Å². The van der Waals surface area contributed by atoms with E-state index in [2.05, 4.69) is 5.10 Å². The lowest BCUT2D eigenvalue weighted by Gasteiger charge is -2.27. The highest BCUT2D eigenvalue weighted by atomic mass is 35.5. The van der Waals surface area contributed by atoms with E-state index in [-0.39, 0.29) is 5.88 Å². The third kappa shape index (κ3) is 2.24. The van der Waals surface area contributed by atoms with Crippen LogP contribution in [-0.4, -0.2) is 19.7 Å². The van der Waals surface area contributed by atoms with Crippen molar-refractivity contribution in [2.45, 2.75) is 31.6 Å². The summed E-state index contributed by atoms with van der Waals surface area (Å²) in [6.45, 7) is 0. The van der Waals surface area contributed by atoms with Crippen LogP contribution in [0.3, 0.4) is 0 Å². The third-order valence-corrected chi connectivity index (χ3v) is 4.68. The van der Waals surface area contributed by atoms with E-state index in [1.54, 1.807) is 6.20 Å². The fourth-order valence-corrected chi connectivity index (χ4v) is 3.10. The molecule has 4 nitrogen and oxygen atoms in total. The number of benzene rings is 1. The van der Waals surface area contributed by atoms with Gasteiger partial charge in [0.25, 0.3) is 0 Å². The molecule has 112 valence electrons. The van der Waals surface area contributed by atoms with Gasteiger partial charge >= 0.3 is 0 Å². The maximum atomic E-state index is 10.6. The van der Waals surface area contributed by atoms with Crippen LogP contribution < -0.4 is 0 Å². The van der Waals surface area contributed by atoms with Gasteiger partial charge in [0.2, 0.25) is 5.88 Å². The third-order valence-electron chi connectivity index (χ3n) is 4.42. The topological polar surface area (TPSA) is 50.4 Å². The molecule has 22 heavy (non-hydrogen) atoms. The molecule has 1 aliphatic rings. The molecule has 1 N–H and O–H groups in total. The molecule has 3 aromatic rings. The average Bonchev–Trinajstić information content (AvgIpc) is 2.92. The van der Waals surface area contributed by atoms with Crippen molar-refractivity contribution in [3.8, 4) is 5.88 Å². The summed E-state index contributed by atoms with van der Waals surface area (Å²) in [7, 11) is 0. The highest BCUT2D eigenvalue weighted by Gasteiger charge is 2.27. The summed E-state index contributed by atoms with van der Waals surface area (Å²) < 4.78 is 1.51. The monoisotopic (exact) mass is 313 g/mol. The first kappa shape index (κ1) is 13.6. The summed E-state index contributed by atoms with van der Waals surface area (Å²) in [5, 5.41) is 15.5. The molecular formula is C17H16ClN3O. The number of hydrogen-bond donors (Lipinski definition) is 1.